The fraction of sp³-hybridized carbons (Fsp3) is 0.476. The number of nitrogens with one attached hydrogen (secondary N) is 1. The highest BCUT2D eigenvalue weighted by Gasteiger charge is 2.36. The third kappa shape index (κ3) is 4.56. The van der Waals surface area contributed by atoms with Gasteiger partial charge in [0, 0.05) is 11.1 Å². The van der Waals surface area contributed by atoms with Gasteiger partial charge in [-0.3, -0.25) is 0 Å². The summed E-state index contributed by atoms with van der Waals surface area (Å²) in [6.45, 7) is 10.2. The molecule has 0 radical (unpaired) electrons. The maximum Gasteiger partial charge on any atom is 0.407 e. The number of amides is 1. The molecule has 3 rings (SSSR count). The molecule has 1 aromatic heterocycles. The molecule has 0 unspecified atom stereocenters. The predicted molar refractivity (Wildman–Crippen MR) is 113 cm³/mol. The number of carbonyl (C=O) groups is 1. The van der Waals surface area contributed by atoms with Gasteiger partial charge in [0.2, 0.25) is 0 Å². The van der Waals surface area contributed by atoms with E-state index < -0.39 is 11.7 Å². The van der Waals surface area contributed by atoms with E-state index in [1.165, 1.54) is 6.33 Å². The van der Waals surface area contributed by atoms with Crippen molar-refractivity contribution >= 4 is 23.5 Å². The molecule has 2 aromatic rings. The minimum Gasteiger partial charge on any atom is -0.490 e. The maximum absolute atomic E-state index is 11.7. The van der Waals surface area contributed by atoms with Crippen LogP contribution in [0.25, 0.3) is 11.3 Å². The number of nitrogen functional groups attached to an aromatic ring is 1. The molecule has 1 heterocycles. The van der Waals surface area contributed by atoms with E-state index in [1.54, 1.807) is 0 Å². The van der Waals surface area contributed by atoms with Crippen LogP contribution in [-0.2, 0) is 16.6 Å². The summed E-state index contributed by atoms with van der Waals surface area (Å²) in [5, 5.41) is 3.22. The van der Waals surface area contributed by atoms with Crippen LogP contribution in [-0.4, -0.2) is 34.8 Å². The van der Waals surface area contributed by atoms with Gasteiger partial charge in [-0.05, 0) is 50.3 Å². The highest BCUT2D eigenvalue weighted by molar-refractivity contribution is 6.33. The Morgan fingerprint density at radius 1 is 1.31 bits per heavy atom. The van der Waals surface area contributed by atoms with Gasteiger partial charge in [-0.2, -0.15) is 0 Å². The molecule has 7 nitrogen and oxygen atoms in total. The number of benzene rings is 1. The lowest BCUT2D eigenvalue weighted by Gasteiger charge is -2.34. The maximum atomic E-state index is 11.7. The highest BCUT2D eigenvalue weighted by atomic mass is 35.5. The number of hydrogen-bond donors (Lipinski definition) is 2. The topological polar surface area (TPSA) is 99.4 Å². The molecule has 0 saturated carbocycles. The fourth-order valence-corrected chi connectivity index (χ4v) is 3.82. The second-order valence-electron chi connectivity index (χ2n) is 8.72. The zero-order chi connectivity index (χ0) is 21.4. The Kier molecular flexibility index (Phi) is 5.63. The predicted octanol–water partition coefficient (Wildman–Crippen LogP) is 4.12. The number of carbonyl (C=O) groups excluding carboxylic acids is 1. The summed E-state index contributed by atoms with van der Waals surface area (Å²) < 4.78 is 11.0. The molecule has 0 atom stereocenters. The van der Waals surface area contributed by atoms with Crippen LogP contribution < -0.4 is 15.8 Å². The van der Waals surface area contributed by atoms with Crippen molar-refractivity contribution < 1.29 is 14.3 Å². The fourth-order valence-electron chi connectivity index (χ4n) is 3.54. The van der Waals surface area contributed by atoms with Crippen LogP contribution >= 0.6 is 11.6 Å². The smallest absolute Gasteiger partial charge is 0.407 e. The average Bonchev–Trinajstić information content (AvgIpc) is 2.59. The Bertz CT molecular complexity index is 938. The average molecular weight is 419 g/mol. The molecule has 1 aliphatic rings. The Morgan fingerprint density at radius 3 is 2.72 bits per heavy atom. The zero-order valence-corrected chi connectivity index (χ0v) is 18.2. The first kappa shape index (κ1) is 21.2. The van der Waals surface area contributed by atoms with E-state index in [0.29, 0.717) is 29.6 Å². The number of nitrogens with zero attached hydrogens (tertiary/aromatic N) is 2. The van der Waals surface area contributed by atoms with E-state index in [-0.39, 0.29) is 12.0 Å². The molecule has 1 amide bonds. The summed E-state index contributed by atoms with van der Waals surface area (Å²) in [5.41, 5.74) is 9.00. The lowest BCUT2D eigenvalue weighted by atomic mass is 9.72. The molecular formula is C21H27ClN4O3. The second kappa shape index (κ2) is 7.71. The first-order valence-electron chi connectivity index (χ1n) is 9.52. The number of rotatable bonds is 4. The van der Waals surface area contributed by atoms with Gasteiger partial charge in [0.1, 0.15) is 30.1 Å². The lowest BCUT2D eigenvalue weighted by molar-refractivity contribution is 0.0520. The summed E-state index contributed by atoms with van der Waals surface area (Å²) in [7, 11) is 0. The van der Waals surface area contributed by atoms with E-state index in [2.05, 4.69) is 29.1 Å². The largest absolute Gasteiger partial charge is 0.490 e. The van der Waals surface area contributed by atoms with Crippen molar-refractivity contribution in [3.8, 4) is 17.0 Å². The summed E-state index contributed by atoms with van der Waals surface area (Å²) in [4.78, 5) is 20.3. The van der Waals surface area contributed by atoms with E-state index in [0.717, 1.165) is 22.4 Å². The molecule has 1 aliphatic carbocycles. The van der Waals surface area contributed by atoms with Crippen LogP contribution in [0, 0.1) is 0 Å². The molecule has 0 fully saturated rings. The second-order valence-corrected chi connectivity index (χ2v) is 9.10. The number of alkyl carbamates (subject to hydrolysis) is 1. The van der Waals surface area contributed by atoms with E-state index >= 15 is 0 Å². The van der Waals surface area contributed by atoms with Crippen molar-refractivity contribution in [2.24, 2.45) is 0 Å². The SMILES string of the molecule is CC(C)(C)OC(=O)NCCOc1ccc2c(c1Cl)CC(C)(C)c1c(N)ncnc1-2. The van der Waals surface area contributed by atoms with Crippen molar-refractivity contribution in [3.05, 3.63) is 34.6 Å². The van der Waals surface area contributed by atoms with Gasteiger partial charge >= 0.3 is 6.09 Å². The Labute approximate surface area is 176 Å². The Balaban J connectivity index is 1.75. The number of anilines is 1. The molecule has 1 aromatic carbocycles. The third-order valence-electron chi connectivity index (χ3n) is 4.66. The number of nitrogens with two attached hydrogens (primary N) is 1. The van der Waals surface area contributed by atoms with Crippen molar-refractivity contribution in [3.63, 3.8) is 0 Å². The minimum absolute atomic E-state index is 0.256. The van der Waals surface area contributed by atoms with E-state index in [9.17, 15) is 4.79 Å². The molecule has 0 bridgehead atoms. The first-order valence-corrected chi connectivity index (χ1v) is 9.90. The Hall–Kier alpha value is -2.54. The van der Waals surface area contributed by atoms with Gasteiger partial charge in [-0.25, -0.2) is 14.8 Å². The molecular weight excluding hydrogens is 392 g/mol. The van der Waals surface area contributed by atoms with Crippen LogP contribution in [0.15, 0.2) is 18.5 Å². The molecule has 3 N–H and O–H groups in total. The van der Waals surface area contributed by atoms with Crippen LogP contribution in [0.1, 0.15) is 45.7 Å². The number of ether oxygens (including phenoxy) is 2. The minimum atomic E-state index is -0.539. The normalized spacial score (nSPS) is 14.6. The van der Waals surface area contributed by atoms with Crippen LogP contribution in [0.2, 0.25) is 5.02 Å². The van der Waals surface area contributed by atoms with Gasteiger partial charge < -0.3 is 20.5 Å². The standard InChI is InChI=1S/C21H27ClN4O3/c1-20(2,3)29-19(27)24-8-9-28-14-7-6-12-13(16(14)22)10-21(4,5)15-17(12)25-11-26-18(15)23/h6-7,11H,8-10H2,1-5H3,(H,24,27)(H2,23,25,26). The van der Waals surface area contributed by atoms with Gasteiger partial charge in [0.25, 0.3) is 0 Å². The van der Waals surface area contributed by atoms with Gasteiger partial charge in [0.05, 0.1) is 17.3 Å². The van der Waals surface area contributed by atoms with Gasteiger partial charge in [0.15, 0.2) is 0 Å². The summed E-state index contributed by atoms with van der Waals surface area (Å²) in [6, 6.07) is 3.76. The number of halogens is 1. The number of aromatic nitrogens is 2. The summed E-state index contributed by atoms with van der Waals surface area (Å²) >= 11 is 6.68. The van der Waals surface area contributed by atoms with E-state index in [1.807, 2.05) is 32.9 Å². The van der Waals surface area contributed by atoms with Crippen LogP contribution in [0.4, 0.5) is 10.6 Å². The molecule has 0 saturated heterocycles. The monoisotopic (exact) mass is 418 g/mol. The first-order chi connectivity index (χ1) is 13.5. The molecule has 156 valence electrons. The van der Waals surface area contributed by atoms with Crippen molar-refractivity contribution in [2.45, 2.75) is 52.1 Å². The lowest BCUT2D eigenvalue weighted by Crippen LogP contribution is -2.34. The highest BCUT2D eigenvalue weighted by Crippen LogP contribution is 2.47. The van der Waals surface area contributed by atoms with Gasteiger partial charge in [-0.1, -0.05) is 25.4 Å². The summed E-state index contributed by atoms with van der Waals surface area (Å²) in [5.74, 6) is 1.06. The molecule has 0 spiro atoms. The van der Waals surface area contributed by atoms with E-state index in [4.69, 9.17) is 26.8 Å². The molecule has 29 heavy (non-hydrogen) atoms. The van der Waals surface area contributed by atoms with Crippen molar-refractivity contribution in [1.29, 1.82) is 0 Å². The van der Waals surface area contributed by atoms with Crippen molar-refractivity contribution in [1.82, 2.24) is 15.3 Å². The summed E-state index contributed by atoms with van der Waals surface area (Å²) in [6.07, 6.45) is 1.69. The van der Waals surface area contributed by atoms with Gasteiger partial charge in [-0.15, -0.1) is 0 Å². The van der Waals surface area contributed by atoms with Crippen LogP contribution in [0.5, 0.6) is 5.75 Å². The number of hydrogen-bond acceptors (Lipinski definition) is 6. The quantitative estimate of drug-likeness (QED) is 0.724. The third-order valence-corrected chi connectivity index (χ3v) is 5.08. The Morgan fingerprint density at radius 2 is 2.03 bits per heavy atom. The van der Waals surface area contributed by atoms with Crippen LogP contribution in [0.3, 0.4) is 0 Å². The van der Waals surface area contributed by atoms with Crippen molar-refractivity contribution in [2.75, 3.05) is 18.9 Å². The number of fused-ring (bicyclic) bond motifs is 3. The molecule has 8 heteroatoms. The molecule has 0 aliphatic heterocycles. The zero-order valence-electron chi connectivity index (χ0n) is 17.4.